The van der Waals surface area contributed by atoms with Crippen molar-refractivity contribution in [2.24, 2.45) is 5.73 Å². The van der Waals surface area contributed by atoms with Crippen molar-refractivity contribution >= 4 is 17.2 Å². The van der Waals surface area contributed by atoms with E-state index < -0.39 is 0 Å². The van der Waals surface area contributed by atoms with Crippen LogP contribution in [0.25, 0.3) is 0 Å². The Labute approximate surface area is 116 Å². The Morgan fingerprint density at radius 1 is 1.42 bits per heavy atom. The van der Waals surface area contributed by atoms with Gasteiger partial charge in [0.05, 0.1) is 12.5 Å². The summed E-state index contributed by atoms with van der Waals surface area (Å²) in [5, 5.41) is 5.77. The van der Waals surface area contributed by atoms with E-state index in [1.54, 1.807) is 17.5 Å². The normalized spacial score (nSPS) is 12.1. The molecular formula is C14H17N3OS. The lowest BCUT2D eigenvalue weighted by molar-refractivity contribution is -0.121. The van der Waals surface area contributed by atoms with E-state index in [-0.39, 0.29) is 11.9 Å². The molecule has 3 N–H and O–H groups in total. The number of carbonyl (C=O) groups is 1. The van der Waals surface area contributed by atoms with E-state index >= 15 is 0 Å². The molecule has 1 atom stereocenters. The fourth-order valence-electron chi connectivity index (χ4n) is 1.90. The van der Waals surface area contributed by atoms with Gasteiger partial charge in [-0.25, -0.2) is 4.98 Å². The zero-order valence-electron chi connectivity index (χ0n) is 10.8. The largest absolute Gasteiger partial charge is 0.347 e. The van der Waals surface area contributed by atoms with Gasteiger partial charge in [0.15, 0.2) is 0 Å². The molecular weight excluding hydrogens is 258 g/mol. The summed E-state index contributed by atoms with van der Waals surface area (Å²) >= 11 is 1.54. The Morgan fingerprint density at radius 2 is 2.16 bits per heavy atom. The van der Waals surface area contributed by atoms with Crippen molar-refractivity contribution in [2.45, 2.75) is 25.9 Å². The van der Waals surface area contributed by atoms with Crippen molar-refractivity contribution in [3.05, 3.63) is 52.0 Å². The maximum atomic E-state index is 12.0. The van der Waals surface area contributed by atoms with Crippen molar-refractivity contribution < 1.29 is 4.79 Å². The summed E-state index contributed by atoms with van der Waals surface area (Å²) in [7, 11) is 0. The molecule has 0 radical (unpaired) electrons. The lowest BCUT2D eigenvalue weighted by Gasteiger charge is -2.12. The number of nitrogens with one attached hydrogen (secondary N) is 1. The summed E-state index contributed by atoms with van der Waals surface area (Å²) in [6.45, 7) is 2.39. The number of amides is 1. The van der Waals surface area contributed by atoms with Gasteiger partial charge in [-0.2, -0.15) is 0 Å². The van der Waals surface area contributed by atoms with Crippen LogP contribution >= 0.6 is 11.3 Å². The Kier molecular flexibility index (Phi) is 4.65. The number of rotatable bonds is 5. The van der Waals surface area contributed by atoms with Crippen LogP contribution in [-0.4, -0.2) is 10.9 Å². The average molecular weight is 275 g/mol. The molecule has 0 fully saturated rings. The number of aromatic nitrogens is 1. The molecule has 1 aromatic carbocycles. The summed E-state index contributed by atoms with van der Waals surface area (Å²) in [5.41, 5.74) is 7.66. The highest BCUT2D eigenvalue weighted by atomic mass is 32.1. The third-order valence-corrected chi connectivity index (χ3v) is 3.85. The summed E-state index contributed by atoms with van der Waals surface area (Å²) < 4.78 is 0. The van der Waals surface area contributed by atoms with Crippen LogP contribution in [0.4, 0.5) is 0 Å². The fourth-order valence-corrected chi connectivity index (χ4v) is 2.55. The van der Waals surface area contributed by atoms with Gasteiger partial charge in [-0.05, 0) is 18.1 Å². The van der Waals surface area contributed by atoms with Crippen molar-refractivity contribution in [3.8, 4) is 0 Å². The van der Waals surface area contributed by atoms with Gasteiger partial charge >= 0.3 is 0 Å². The van der Waals surface area contributed by atoms with Gasteiger partial charge in [0.25, 0.3) is 0 Å². The molecule has 1 aromatic heterocycles. The van der Waals surface area contributed by atoms with Gasteiger partial charge in [0.2, 0.25) is 5.91 Å². The van der Waals surface area contributed by atoms with Crippen molar-refractivity contribution in [2.75, 3.05) is 0 Å². The summed E-state index contributed by atoms with van der Waals surface area (Å²) in [4.78, 5) is 16.2. The van der Waals surface area contributed by atoms with E-state index in [1.165, 1.54) is 0 Å². The molecule has 0 saturated carbocycles. The van der Waals surface area contributed by atoms with Gasteiger partial charge < -0.3 is 11.1 Å². The zero-order valence-corrected chi connectivity index (χ0v) is 11.6. The zero-order chi connectivity index (χ0) is 13.7. The number of carbonyl (C=O) groups excluding carboxylic acids is 1. The van der Waals surface area contributed by atoms with Gasteiger partial charge in [-0.1, -0.05) is 24.3 Å². The van der Waals surface area contributed by atoms with Gasteiger partial charge in [0, 0.05) is 18.1 Å². The molecule has 19 heavy (non-hydrogen) atoms. The fraction of sp³-hybridized carbons (Fsp3) is 0.286. The predicted octanol–water partition coefficient (Wildman–Crippen LogP) is 2.02. The highest BCUT2D eigenvalue weighted by Crippen LogP contribution is 2.15. The molecule has 2 rings (SSSR count). The number of hydrogen-bond acceptors (Lipinski definition) is 4. The van der Waals surface area contributed by atoms with Crippen molar-refractivity contribution in [1.29, 1.82) is 0 Å². The van der Waals surface area contributed by atoms with E-state index in [2.05, 4.69) is 10.3 Å². The lowest BCUT2D eigenvalue weighted by atomic mass is 10.0. The van der Waals surface area contributed by atoms with Crippen molar-refractivity contribution in [1.82, 2.24) is 10.3 Å². The first-order valence-electron chi connectivity index (χ1n) is 6.16. The first-order chi connectivity index (χ1) is 9.20. The standard InChI is InChI=1S/C14H17N3OS/c1-10(14-16-6-7-19-14)17-13(18)8-11-4-2-3-5-12(11)9-15/h2-7,10H,8-9,15H2,1H3,(H,17,18). The van der Waals surface area contributed by atoms with Crippen LogP contribution < -0.4 is 11.1 Å². The molecule has 1 unspecified atom stereocenters. The molecule has 0 aliphatic rings. The van der Waals surface area contributed by atoms with Crippen LogP contribution in [-0.2, 0) is 17.8 Å². The topological polar surface area (TPSA) is 68.0 Å². The molecule has 0 spiro atoms. The Balaban J connectivity index is 1.98. The molecule has 1 amide bonds. The van der Waals surface area contributed by atoms with Crippen LogP contribution in [0, 0.1) is 0 Å². The summed E-state index contributed by atoms with van der Waals surface area (Å²) in [6.07, 6.45) is 2.09. The molecule has 4 nitrogen and oxygen atoms in total. The third kappa shape index (κ3) is 3.62. The minimum Gasteiger partial charge on any atom is -0.347 e. The van der Waals surface area contributed by atoms with E-state index in [0.29, 0.717) is 13.0 Å². The first kappa shape index (κ1) is 13.7. The SMILES string of the molecule is CC(NC(=O)Cc1ccccc1CN)c1nccs1. The minimum absolute atomic E-state index is 0.0106. The van der Waals surface area contributed by atoms with E-state index in [0.717, 1.165) is 16.1 Å². The maximum absolute atomic E-state index is 12.0. The monoisotopic (exact) mass is 275 g/mol. The van der Waals surface area contributed by atoms with Crippen LogP contribution in [0.3, 0.4) is 0 Å². The molecule has 0 bridgehead atoms. The quantitative estimate of drug-likeness (QED) is 0.877. The number of benzene rings is 1. The van der Waals surface area contributed by atoms with Crippen LogP contribution in [0.1, 0.15) is 29.1 Å². The number of thiazole rings is 1. The smallest absolute Gasteiger partial charge is 0.224 e. The molecule has 100 valence electrons. The highest BCUT2D eigenvalue weighted by molar-refractivity contribution is 7.09. The van der Waals surface area contributed by atoms with Crippen LogP contribution in [0.2, 0.25) is 0 Å². The third-order valence-electron chi connectivity index (χ3n) is 2.89. The highest BCUT2D eigenvalue weighted by Gasteiger charge is 2.13. The maximum Gasteiger partial charge on any atom is 0.224 e. The Bertz CT molecular complexity index is 539. The molecule has 0 aliphatic carbocycles. The first-order valence-corrected chi connectivity index (χ1v) is 7.04. The average Bonchev–Trinajstić information content (AvgIpc) is 2.93. The number of nitrogens with zero attached hydrogens (tertiary/aromatic N) is 1. The Hall–Kier alpha value is -1.72. The van der Waals surface area contributed by atoms with Crippen molar-refractivity contribution in [3.63, 3.8) is 0 Å². The molecule has 0 aliphatic heterocycles. The van der Waals surface area contributed by atoms with Gasteiger partial charge in [-0.15, -0.1) is 11.3 Å². The molecule has 2 aromatic rings. The molecule has 1 heterocycles. The van der Waals surface area contributed by atoms with Crippen LogP contribution in [0.15, 0.2) is 35.8 Å². The van der Waals surface area contributed by atoms with Crippen LogP contribution in [0.5, 0.6) is 0 Å². The van der Waals surface area contributed by atoms with E-state index in [1.807, 2.05) is 36.6 Å². The Morgan fingerprint density at radius 3 is 2.79 bits per heavy atom. The molecule has 5 heteroatoms. The second-order valence-electron chi connectivity index (χ2n) is 4.31. The van der Waals surface area contributed by atoms with Gasteiger partial charge in [0.1, 0.15) is 5.01 Å². The molecule has 0 saturated heterocycles. The summed E-state index contributed by atoms with van der Waals surface area (Å²) in [6, 6.07) is 7.69. The van der Waals surface area contributed by atoms with E-state index in [4.69, 9.17) is 5.73 Å². The second-order valence-corrected chi connectivity index (χ2v) is 5.24. The van der Waals surface area contributed by atoms with Gasteiger partial charge in [-0.3, -0.25) is 4.79 Å². The minimum atomic E-state index is -0.0578. The summed E-state index contributed by atoms with van der Waals surface area (Å²) in [5.74, 6) is -0.0106. The number of nitrogens with two attached hydrogens (primary N) is 1. The lowest BCUT2D eigenvalue weighted by Crippen LogP contribution is -2.28. The predicted molar refractivity (Wildman–Crippen MR) is 76.7 cm³/mol. The number of hydrogen-bond donors (Lipinski definition) is 2. The van der Waals surface area contributed by atoms with E-state index in [9.17, 15) is 4.79 Å². The second kappa shape index (κ2) is 6.45.